The lowest BCUT2D eigenvalue weighted by molar-refractivity contribution is 0.431. The lowest BCUT2D eigenvalue weighted by Gasteiger charge is -1.84. The van der Waals surface area contributed by atoms with Crippen molar-refractivity contribution in [2.75, 3.05) is 0 Å². The highest BCUT2D eigenvalue weighted by Crippen LogP contribution is 1.92. The molecule has 14 heavy (non-hydrogen) atoms. The summed E-state index contributed by atoms with van der Waals surface area (Å²) in [5, 5.41) is 18.2. The van der Waals surface area contributed by atoms with Crippen LogP contribution in [0.2, 0.25) is 0 Å². The summed E-state index contributed by atoms with van der Waals surface area (Å²) in [6, 6.07) is 0. The molecule has 2 heteroatoms. The standard InChI is InChI=1S/C12H14O2/c1-3-7-11(13)9-5-6-10-12(14)8-4-2/h3-4,6-10,13-14H,1H2,2H3/b8-4-,11-7+,12-10+. The van der Waals surface area contributed by atoms with E-state index in [-0.39, 0.29) is 11.5 Å². The second kappa shape index (κ2) is 7.71. The maximum Gasteiger partial charge on any atom is 0.123 e. The van der Waals surface area contributed by atoms with Crippen molar-refractivity contribution in [3.05, 3.63) is 66.4 Å². The van der Waals surface area contributed by atoms with Crippen LogP contribution in [0.25, 0.3) is 0 Å². The van der Waals surface area contributed by atoms with Crippen LogP contribution in [0, 0.1) is 0 Å². The molecule has 0 aromatic heterocycles. The van der Waals surface area contributed by atoms with E-state index >= 15 is 0 Å². The van der Waals surface area contributed by atoms with Gasteiger partial charge in [0.15, 0.2) is 0 Å². The zero-order valence-electron chi connectivity index (χ0n) is 8.14. The third kappa shape index (κ3) is 6.77. The molecular weight excluding hydrogens is 176 g/mol. The van der Waals surface area contributed by atoms with Crippen LogP contribution >= 0.6 is 0 Å². The van der Waals surface area contributed by atoms with E-state index < -0.39 is 0 Å². The van der Waals surface area contributed by atoms with Gasteiger partial charge in [-0.15, -0.1) is 5.73 Å². The first-order chi connectivity index (χ1) is 6.70. The summed E-state index contributed by atoms with van der Waals surface area (Å²) in [6.45, 7) is 5.23. The SMILES string of the molecule is C=C/C=C(/O)C=C=C/C=C(O)\C=C/C. The molecule has 74 valence electrons. The van der Waals surface area contributed by atoms with Crippen LogP contribution < -0.4 is 0 Å². The Morgan fingerprint density at radius 3 is 2.50 bits per heavy atom. The largest absolute Gasteiger partial charge is 0.508 e. The summed E-state index contributed by atoms with van der Waals surface area (Å²) in [7, 11) is 0. The van der Waals surface area contributed by atoms with Gasteiger partial charge in [-0.05, 0) is 31.2 Å². The van der Waals surface area contributed by atoms with Crippen LogP contribution in [0.4, 0.5) is 0 Å². The minimum Gasteiger partial charge on any atom is -0.508 e. The second-order valence-corrected chi connectivity index (χ2v) is 2.40. The molecule has 0 spiro atoms. The Balaban J connectivity index is 4.38. The van der Waals surface area contributed by atoms with Gasteiger partial charge in [-0.2, -0.15) is 0 Å². The highest BCUT2D eigenvalue weighted by Gasteiger charge is 1.79. The molecule has 0 unspecified atom stereocenters. The molecule has 0 aliphatic carbocycles. The molecule has 0 aromatic carbocycles. The van der Waals surface area contributed by atoms with E-state index in [1.54, 1.807) is 12.2 Å². The Morgan fingerprint density at radius 2 is 1.93 bits per heavy atom. The van der Waals surface area contributed by atoms with Crippen molar-refractivity contribution in [1.82, 2.24) is 0 Å². The van der Waals surface area contributed by atoms with E-state index in [2.05, 4.69) is 12.3 Å². The van der Waals surface area contributed by atoms with Crippen molar-refractivity contribution in [3.63, 3.8) is 0 Å². The van der Waals surface area contributed by atoms with Gasteiger partial charge in [-0.25, -0.2) is 0 Å². The van der Waals surface area contributed by atoms with Crippen molar-refractivity contribution in [3.8, 4) is 0 Å². The van der Waals surface area contributed by atoms with Crippen molar-refractivity contribution in [1.29, 1.82) is 0 Å². The summed E-state index contributed by atoms with van der Waals surface area (Å²) >= 11 is 0. The maximum absolute atomic E-state index is 9.11. The third-order valence-corrected chi connectivity index (χ3v) is 1.21. The van der Waals surface area contributed by atoms with Crippen molar-refractivity contribution in [2.24, 2.45) is 0 Å². The van der Waals surface area contributed by atoms with Crippen molar-refractivity contribution >= 4 is 0 Å². The summed E-state index contributed by atoms with van der Waals surface area (Å²) in [5.74, 6) is 0.204. The first-order valence-electron chi connectivity index (χ1n) is 4.16. The summed E-state index contributed by atoms with van der Waals surface area (Å²) in [5.41, 5.74) is 2.67. The lowest BCUT2D eigenvalue weighted by atomic mass is 10.3. The Morgan fingerprint density at radius 1 is 1.21 bits per heavy atom. The van der Waals surface area contributed by atoms with Crippen LogP contribution in [-0.2, 0) is 0 Å². The molecule has 0 saturated carbocycles. The van der Waals surface area contributed by atoms with E-state index in [1.165, 1.54) is 30.4 Å². The first kappa shape index (κ1) is 12.1. The fraction of sp³-hybridized carbons (Fsp3) is 0.0833. The van der Waals surface area contributed by atoms with Gasteiger partial charge >= 0.3 is 0 Å². The molecule has 2 N–H and O–H groups in total. The van der Waals surface area contributed by atoms with Crippen LogP contribution in [0.3, 0.4) is 0 Å². The van der Waals surface area contributed by atoms with E-state index in [4.69, 9.17) is 10.2 Å². The smallest absolute Gasteiger partial charge is 0.123 e. The molecule has 0 aromatic rings. The Hall–Kier alpha value is -1.92. The number of aliphatic hydroxyl groups is 2. The minimum atomic E-state index is 0.0650. The van der Waals surface area contributed by atoms with Gasteiger partial charge in [0, 0.05) is 6.08 Å². The van der Waals surface area contributed by atoms with Crippen LogP contribution in [0.15, 0.2) is 66.4 Å². The lowest BCUT2D eigenvalue weighted by Crippen LogP contribution is -1.70. The monoisotopic (exact) mass is 190 g/mol. The third-order valence-electron chi connectivity index (χ3n) is 1.21. The topological polar surface area (TPSA) is 40.5 Å². The Labute approximate surface area is 84.2 Å². The first-order valence-corrected chi connectivity index (χ1v) is 4.16. The van der Waals surface area contributed by atoms with E-state index in [0.717, 1.165) is 0 Å². The van der Waals surface area contributed by atoms with Gasteiger partial charge in [-0.3, -0.25) is 0 Å². The van der Waals surface area contributed by atoms with Crippen LogP contribution in [0.1, 0.15) is 6.92 Å². The normalized spacial score (nSPS) is 12.4. The zero-order chi connectivity index (χ0) is 10.8. The number of aliphatic hydroxyl groups excluding tert-OH is 2. The van der Waals surface area contributed by atoms with Gasteiger partial charge in [0.25, 0.3) is 0 Å². The Bertz CT molecular complexity index is 324. The summed E-state index contributed by atoms with van der Waals surface area (Å²) in [6.07, 6.45) is 10.5. The fourth-order valence-corrected chi connectivity index (χ4v) is 0.662. The summed E-state index contributed by atoms with van der Waals surface area (Å²) < 4.78 is 0. The molecule has 0 bridgehead atoms. The predicted octanol–water partition coefficient (Wildman–Crippen LogP) is 3.34. The fourth-order valence-electron chi connectivity index (χ4n) is 0.662. The van der Waals surface area contributed by atoms with E-state index in [0.29, 0.717) is 0 Å². The maximum atomic E-state index is 9.11. The number of rotatable bonds is 4. The van der Waals surface area contributed by atoms with Crippen molar-refractivity contribution in [2.45, 2.75) is 6.92 Å². The zero-order valence-corrected chi connectivity index (χ0v) is 8.14. The van der Waals surface area contributed by atoms with Gasteiger partial charge in [0.2, 0.25) is 0 Å². The molecule has 0 saturated heterocycles. The van der Waals surface area contributed by atoms with Gasteiger partial charge in [-0.1, -0.05) is 18.7 Å². The molecule has 0 heterocycles. The van der Waals surface area contributed by atoms with Crippen LogP contribution in [0.5, 0.6) is 0 Å². The molecule has 0 fully saturated rings. The molecule has 0 aliphatic heterocycles. The van der Waals surface area contributed by atoms with Crippen LogP contribution in [-0.4, -0.2) is 10.2 Å². The van der Waals surface area contributed by atoms with Gasteiger partial charge < -0.3 is 10.2 Å². The second-order valence-electron chi connectivity index (χ2n) is 2.40. The highest BCUT2D eigenvalue weighted by molar-refractivity contribution is 5.20. The highest BCUT2D eigenvalue weighted by atomic mass is 16.3. The predicted molar refractivity (Wildman–Crippen MR) is 59.1 cm³/mol. The van der Waals surface area contributed by atoms with Gasteiger partial charge in [0.05, 0.1) is 0 Å². The number of hydrogen-bond donors (Lipinski definition) is 2. The minimum absolute atomic E-state index is 0.0650. The Kier molecular flexibility index (Phi) is 6.66. The molecule has 0 amide bonds. The van der Waals surface area contributed by atoms with Crippen molar-refractivity contribution < 1.29 is 10.2 Å². The average Bonchev–Trinajstić information content (AvgIpc) is 2.13. The number of hydrogen-bond acceptors (Lipinski definition) is 2. The quantitative estimate of drug-likeness (QED) is 0.405. The molecular formula is C12H14O2. The van der Waals surface area contributed by atoms with E-state index in [9.17, 15) is 0 Å². The van der Waals surface area contributed by atoms with E-state index in [1.807, 2.05) is 6.92 Å². The molecule has 0 atom stereocenters. The molecule has 0 rings (SSSR count). The molecule has 0 aliphatic rings. The molecule has 2 nitrogen and oxygen atoms in total. The average molecular weight is 190 g/mol. The van der Waals surface area contributed by atoms with Gasteiger partial charge in [0.1, 0.15) is 11.5 Å². The molecule has 0 radical (unpaired) electrons. The number of allylic oxidation sites excluding steroid dienone is 6. The summed E-state index contributed by atoms with van der Waals surface area (Å²) in [4.78, 5) is 0.